The van der Waals surface area contributed by atoms with E-state index in [0.717, 1.165) is 10.9 Å². The highest BCUT2D eigenvalue weighted by molar-refractivity contribution is 5.83. The molecular formula is C10H9NO3. The molecular weight excluding hydrogens is 182 g/mol. The molecule has 0 unspecified atom stereocenters. The van der Waals surface area contributed by atoms with Gasteiger partial charge in [0.15, 0.2) is 0 Å². The quantitative estimate of drug-likeness (QED) is 0.675. The van der Waals surface area contributed by atoms with Gasteiger partial charge in [-0.25, -0.2) is 0 Å². The predicted octanol–water partition coefficient (Wildman–Crippen LogP) is 1.50. The molecule has 0 amide bonds. The molecule has 4 heteroatoms. The van der Waals surface area contributed by atoms with Gasteiger partial charge >= 0.3 is 5.97 Å². The van der Waals surface area contributed by atoms with Gasteiger partial charge in [0.2, 0.25) is 0 Å². The van der Waals surface area contributed by atoms with Crippen LogP contribution in [0.2, 0.25) is 0 Å². The molecule has 3 N–H and O–H groups in total. The van der Waals surface area contributed by atoms with Gasteiger partial charge in [0.05, 0.1) is 6.42 Å². The Morgan fingerprint density at radius 3 is 3.14 bits per heavy atom. The average molecular weight is 192 g/mol. The number of fused-ring (bicyclic) bond motifs is 1. The second kappa shape index (κ2) is 3.06. The number of hydrogen-bond donors (Lipinski definition) is 3. The van der Waals surface area contributed by atoms with Crippen molar-refractivity contribution in [3.05, 3.63) is 30.0 Å². The van der Waals surface area contributed by atoms with E-state index in [1.54, 1.807) is 24.3 Å². The number of carboxylic acids is 1. The van der Waals surface area contributed by atoms with E-state index in [0.29, 0.717) is 5.69 Å². The van der Waals surface area contributed by atoms with Gasteiger partial charge in [-0.05, 0) is 24.3 Å². The van der Waals surface area contributed by atoms with Crippen molar-refractivity contribution in [3.8, 4) is 5.75 Å². The molecule has 2 aromatic rings. The second-order valence-electron chi connectivity index (χ2n) is 3.11. The summed E-state index contributed by atoms with van der Waals surface area (Å²) in [6, 6.07) is 6.62. The minimum Gasteiger partial charge on any atom is -0.508 e. The summed E-state index contributed by atoms with van der Waals surface area (Å²) in [5.41, 5.74) is 1.49. The maximum Gasteiger partial charge on any atom is 0.309 e. The van der Waals surface area contributed by atoms with E-state index in [2.05, 4.69) is 10.1 Å². The molecule has 0 aliphatic heterocycles. The van der Waals surface area contributed by atoms with E-state index in [4.69, 9.17) is 1.43 Å². The molecule has 0 fully saturated rings. The molecule has 0 bridgehead atoms. The maximum atomic E-state index is 10.8. The molecule has 1 aromatic carbocycles. The highest BCUT2D eigenvalue weighted by Crippen LogP contribution is 2.20. The van der Waals surface area contributed by atoms with Crippen LogP contribution in [-0.4, -0.2) is 21.2 Å². The lowest BCUT2D eigenvalue weighted by Gasteiger charge is -1.90. The Labute approximate surface area is 81.3 Å². The maximum absolute atomic E-state index is 10.8. The van der Waals surface area contributed by atoms with Gasteiger partial charge in [-0.3, -0.25) is 4.79 Å². The Balaban J connectivity index is 2.34. The van der Waals surface area contributed by atoms with Crippen LogP contribution in [0.1, 0.15) is 5.69 Å². The van der Waals surface area contributed by atoms with Crippen molar-refractivity contribution in [1.82, 2.24) is 4.98 Å². The summed E-state index contributed by atoms with van der Waals surface area (Å²) in [4.78, 5) is 13.8. The summed E-state index contributed by atoms with van der Waals surface area (Å²) in [7, 11) is 0. The number of aromatic hydroxyl groups is 1. The Morgan fingerprint density at radius 1 is 1.50 bits per heavy atom. The zero-order valence-corrected chi connectivity index (χ0v) is 7.28. The summed E-state index contributed by atoms with van der Waals surface area (Å²) >= 11 is 0. The van der Waals surface area contributed by atoms with Crippen LogP contribution >= 0.6 is 0 Å². The Bertz CT molecular complexity index is 506. The number of phenols is 1. The summed E-state index contributed by atoms with van der Waals surface area (Å²) in [6.45, 7) is 0. The van der Waals surface area contributed by atoms with Crippen molar-refractivity contribution < 1.29 is 15.0 Å². The number of H-pyrrole nitrogens is 1. The minimum absolute atomic E-state index is 0.0267. The number of carbonyl (C=O) groups is 1. The topological polar surface area (TPSA) is 73.3 Å². The van der Waals surface area contributed by atoms with Crippen LogP contribution in [0.15, 0.2) is 24.3 Å². The molecule has 0 saturated carbocycles. The first-order valence-electron chi connectivity index (χ1n) is 4.56. The van der Waals surface area contributed by atoms with Crippen LogP contribution < -0.4 is 0 Å². The highest BCUT2D eigenvalue weighted by atomic mass is 16.4. The summed E-state index contributed by atoms with van der Waals surface area (Å²) in [5, 5.41) is 13.9. The third-order valence-electron chi connectivity index (χ3n) is 1.99. The highest BCUT2D eigenvalue weighted by Gasteiger charge is 2.04. The number of rotatable bonds is 2. The molecule has 14 heavy (non-hydrogen) atoms. The molecule has 0 atom stereocenters. The fourth-order valence-corrected chi connectivity index (χ4v) is 1.43. The van der Waals surface area contributed by atoms with Gasteiger partial charge in [-0.15, -0.1) is 0 Å². The van der Waals surface area contributed by atoms with Crippen molar-refractivity contribution in [3.63, 3.8) is 0 Å². The predicted molar refractivity (Wildman–Crippen MR) is 51.3 cm³/mol. The van der Waals surface area contributed by atoms with Gasteiger partial charge in [-0.1, -0.05) is 0 Å². The first kappa shape index (κ1) is 7.44. The van der Waals surface area contributed by atoms with Crippen LogP contribution in [0.3, 0.4) is 0 Å². The number of aliphatic carboxylic acids is 1. The van der Waals surface area contributed by atoms with Gasteiger partial charge in [0, 0.05) is 16.6 Å². The van der Waals surface area contributed by atoms with Crippen LogP contribution in [0.5, 0.6) is 5.75 Å². The number of aromatic amines is 1. The van der Waals surface area contributed by atoms with E-state index >= 15 is 0 Å². The molecule has 1 aromatic heterocycles. The molecule has 1 heterocycles. The lowest BCUT2D eigenvalue weighted by Crippen LogP contribution is -1.99. The lowest BCUT2D eigenvalue weighted by molar-refractivity contribution is -0.136. The third-order valence-corrected chi connectivity index (χ3v) is 1.99. The van der Waals surface area contributed by atoms with Crippen molar-refractivity contribution in [2.45, 2.75) is 6.42 Å². The van der Waals surface area contributed by atoms with E-state index in [-0.39, 0.29) is 12.2 Å². The van der Waals surface area contributed by atoms with E-state index < -0.39 is 5.97 Å². The number of phenolic OH excluding ortho intramolecular Hbond substituents is 1. The molecule has 0 aliphatic rings. The molecule has 72 valence electrons. The molecule has 0 radical (unpaired) electrons. The molecule has 2 rings (SSSR count). The second-order valence-corrected chi connectivity index (χ2v) is 3.11. The molecule has 0 saturated heterocycles. The zero-order valence-electron chi connectivity index (χ0n) is 8.28. The molecule has 4 nitrogen and oxygen atoms in total. The van der Waals surface area contributed by atoms with Crippen LogP contribution in [0.25, 0.3) is 12.3 Å². The Kier molecular flexibility index (Phi) is 1.63. The number of nitrogens with one attached hydrogen (secondary N) is 1. The van der Waals surface area contributed by atoms with Crippen LogP contribution in [0, 0.1) is 0 Å². The molecule has 0 spiro atoms. The Hall–Kier alpha value is -1.97. The van der Waals surface area contributed by atoms with E-state index in [1.807, 2.05) is 0 Å². The third kappa shape index (κ3) is 1.54. The van der Waals surface area contributed by atoms with Crippen molar-refractivity contribution in [1.29, 1.82) is 1.43 Å². The van der Waals surface area contributed by atoms with Crippen molar-refractivity contribution in [2.75, 3.05) is 0 Å². The van der Waals surface area contributed by atoms with Gasteiger partial charge in [-0.2, -0.15) is 0 Å². The zero-order chi connectivity index (χ0) is 10.8. The molecule has 0 aliphatic carbocycles. The lowest BCUT2D eigenvalue weighted by atomic mass is 10.2. The van der Waals surface area contributed by atoms with Crippen LogP contribution in [-0.2, 0) is 11.2 Å². The fraction of sp³-hybridized carbons (Fsp3) is 0.100. The summed E-state index contributed by atoms with van der Waals surface area (Å²) < 4.78 is 6.42. The minimum atomic E-state index is -0.620. The van der Waals surface area contributed by atoms with E-state index in [1.165, 1.54) is 0 Å². The normalized spacial score (nSPS) is 11.3. The standard InChI is InChI=1S/C10H9NO3/c12-8-1-2-9-6(4-8)3-7(11-9)5-10(13)14/h1-4,11-12H,5H2,(H,13,14)/i/hD. The first-order chi connectivity index (χ1) is 7.19. The monoisotopic (exact) mass is 192 g/mol. The Morgan fingerprint density at radius 2 is 2.36 bits per heavy atom. The summed E-state index contributed by atoms with van der Waals surface area (Å²) in [5.74, 6) is -0.443. The van der Waals surface area contributed by atoms with Gasteiger partial charge in [0.1, 0.15) is 5.75 Å². The average Bonchev–Trinajstić information content (AvgIpc) is 2.59. The first-order valence-corrected chi connectivity index (χ1v) is 4.15. The van der Waals surface area contributed by atoms with Gasteiger partial charge in [0.25, 0.3) is 1.43 Å². The largest absolute Gasteiger partial charge is 0.508 e. The van der Waals surface area contributed by atoms with Crippen LogP contribution in [0.4, 0.5) is 0 Å². The van der Waals surface area contributed by atoms with Crippen molar-refractivity contribution in [2.24, 2.45) is 0 Å². The van der Waals surface area contributed by atoms with Gasteiger partial charge < -0.3 is 15.2 Å². The SMILES string of the molecule is [2H]OC(=O)Cc1cc2cc(O)ccc2[nH]1. The number of aromatic nitrogens is 1. The number of hydrogen-bond acceptors (Lipinski definition) is 3. The summed E-state index contributed by atoms with van der Waals surface area (Å²) in [6.07, 6.45) is 0.0267. The number of benzene rings is 1. The number of carboxylic acid groups (broad SMARTS) is 1. The van der Waals surface area contributed by atoms with Crippen molar-refractivity contribution >= 4 is 16.9 Å². The fourth-order valence-electron chi connectivity index (χ4n) is 1.43. The smallest absolute Gasteiger partial charge is 0.309 e. The van der Waals surface area contributed by atoms with E-state index in [9.17, 15) is 9.90 Å².